The Bertz CT molecular complexity index is 1080. The van der Waals surface area contributed by atoms with Gasteiger partial charge in [0.2, 0.25) is 5.88 Å². The van der Waals surface area contributed by atoms with E-state index in [1.165, 1.54) is 0 Å². The van der Waals surface area contributed by atoms with E-state index >= 15 is 0 Å². The number of ether oxygens (including phenoxy) is 1. The summed E-state index contributed by atoms with van der Waals surface area (Å²) in [6.45, 7) is 7.95. The van der Waals surface area contributed by atoms with Crippen molar-refractivity contribution in [1.82, 2.24) is 9.97 Å². The van der Waals surface area contributed by atoms with Gasteiger partial charge in [-0.3, -0.25) is 0 Å². The highest BCUT2D eigenvalue weighted by molar-refractivity contribution is 5.81. The minimum Gasteiger partial charge on any atom is -0.481 e. The summed E-state index contributed by atoms with van der Waals surface area (Å²) >= 11 is 0. The highest BCUT2D eigenvalue weighted by Crippen LogP contribution is 2.31. The largest absolute Gasteiger partial charge is 0.481 e. The van der Waals surface area contributed by atoms with Crippen LogP contribution >= 0.6 is 0 Å². The summed E-state index contributed by atoms with van der Waals surface area (Å²) in [5.74, 6) is 0.615. The fraction of sp³-hybridized carbons (Fsp3) is 0.333. The molecule has 29 heavy (non-hydrogen) atoms. The van der Waals surface area contributed by atoms with E-state index < -0.39 is 5.41 Å². The molecule has 148 valence electrons. The number of nitriles is 2. The molecule has 1 unspecified atom stereocenters. The lowest BCUT2D eigenvalue weighted by atomic mass is 9.79. The summed E-state index contributed by atoms with van der Waals surface area (Å²) in [6.07, 6.45) is 1.25. The van der Waals surface area contributed by atoms with Crippen LogP contribution in [0.3, 0.4) is 0 Å². The van der Waals surface area contributed by atoms with Gasteiger partial charge in [0.25, 0.3) is 0 Å². The Labute approximate surface area is 172 Å². The van der Waals surface area contributed by atoms with E-state index in [4.69, 9.17) is 10.00 Å². The molecule has 0 saturated carbocycles. The molecular weight excluding hydrogens is 360 g/mol. The lowest BCUT2D eigenvalue weighted by Crippen LogP contribution is -2.23. The van der Waals surface area contributed by atoms with E-state index in [9.17, 15) is 5.26 Å². The first-order chi connectivity index (χ1) is 14.0. The lowest BCUT2D eigenvalue weighted by molar-refractivity contribution is 0.395. The van der Waals surface area contributed by atoms with Crippen molar-refractivity contribution in [3.05, 3.63) is 65.0 Å². The normalized spacial score (nSPS) is 12.1. The predicted molar refractivity (Wildman–Crippen MR) is 115 cm³/mol. The zero-order valence-corrected chi connectivity index (χ0v) is 17.7. The van der Waals surface area contributed by atoms with Crippen molar-refractivity contribution in [3.8, 4) is 18.0 Å². The predicted octanol–water partition coefficient (Wildman–Crippen LogP) is 5.12. The number of aryl methyl sites for hydroxylation is 1. The first-order valence-corrected chi connectivity index (χ1v) is 9.78. The van der Waals surface area contributed by atoms with Gasteiger partial charge in [-0.15, -0.1) is 0 Å². The first-order valence-electron chi connectivity index (χ1n) is 9.78. The fourth-order valence-electron chi connectivity index (χ4n) is 3.18. The molecule has 0 aliphatic carbocycles. The average molecular weight is 386 g/mol. The topological polar surface area (TPSA) is 82.6 Å². The minimum atomic E-state index is -0.784. The molecule has 3 aromatic rings. The van der Waals surface area contributed by atoms with Gasteiger partial charge >= 0.3 is 0 Å². The summed E-state index contributed by atoms with van der Waals surface area (Å²) in [7, 11) is 1.62. The Morgan fingerprint density at radius 2 is 1.83 bits per heavy atom. The molecule has 0 fully saturated rings. The molecule has 0 spiro atoms. The number of pyridine rings is 2. The van der Waals surface area contributed by atoms with E-state index in [1.807, 2.05) is 51.1 Å². The molecule has 0 radical (unpaired) electrons. The smallest absolute Gasteiger partial charge is 0.216 e. The Kier molecular flexibility index (Phi) is 7.28. The first kappa shape index (κ1) is 21.9. The second-order valence-electron chi connectivity index (χ2n) is 6.66. The molecule has 0 saturated heterocycles. The SMILES string of the molecule is CC.CCc1cc2ccc(C(C)(C#N)Cc3cccc(C#N)n3)cc2nc1OC. The second-order valence-corrected chi connectivity index (χ2v) is 6.66. The third-order valence-corrected chi connectivity index (χ3v) is 4.77. The molecule has 0 bridgehead atoms. The molecule has 1 atom stereocenters. The van der Waals surface area contributed by atoms with Crippen LogP contribution in [0, 0.1) is 22.7 Å². The van der Waals surface area contributed by atoms with Crippen LogP contribution in [0.25, 0.3) is 10.9 Å². The molecule has 2 heterocycles. The molecule has 0 aliphatic heterocycles. The zero-order valence-electron chi connectivity index (χ0n) is 17.7. The zero-order chi connectivity index (χ0) is 21.4. The number of fused-ring (bicyclic) bond motifs is 1. The van der Waals surface area contributed by atoms with E-state index in [1.54, 1.807) is 19.2 Å². The maximum Gasteiger partial charge on any atom is 0.216 e. The van der Waals surface area contributed by atoms with Crippen molar-refractivity contribution in [2.45, 2.75) is 46.0 Å². The van der Waals surface area contributed by atoms with Gasteiger partial charge in [-0.1, -0.05) is 39.0 Å². The van der Waals surface area contributed by atoms with Crippen LogP contribution < -0.4 is 4.74 Å². The third-order valence-electron chi connectivity index (χ3n) is 4.77. The quantitative estimate of drug-likeness (QED) is 0.607. The van der Waals surface area contributed by atoms with Crippen molar-refractivity contribution < 1.29 is 4.74 Å². The van der Waals surface area contributed by atoms with Crippen LogP contribution in [-0.4, -0.2) is 17.1 Å². The van der Waals surface area contributed by atoms with Crippen LogP contribution in [0.4, 0.5) is 0 Å². The van der Waals surface area contributed by atoms with E-state index in [2.05, 4.69) is 29.0 Å². The van der Waals surface area contributed by atoms with Gasteiger partial charge in [-0.2, -0.15) is 10.5 Å². The van der Waals surface area contributed by atoms with E-state index in [0.29, 0.717) is 23.7 Å². The van der Waals surface area contributed by atoms with Gasteiger partial charge < -0.3 is 4.74 Å². The van der Waals surface area contributed by atoms with E-state index in [-0.39, 0.29) is 0 Å². The van der Waals surface area contributed by atoms with Gasteiger partial charge in [0.15, 0.2) is 0 Å². The second kappa shape index (κ2) is 9.66. The Balaban J connectivity index is 0.00000145. The fourth-order valence-corrected chi connectivity index (χ4v) is 3.18. The van der Waals surface area contributed by atoms with Crippen LogP contribution in [0.5, 0.6) is 5.88 Å². The summed E-state index contributed by atoms with van der Waals surface area (Å²) in [6, 6.07) is 17.7. The number of hydrogen-bond acceptors (Lipinski definition) is 5. The third kappa shape index (κ3) is 4.70. The lowest BCUT2D eigenvalue weighted by Gasteiger charge is -2.22. The minimum absolute atomic E-state index is 0.352. The van der Waals surface area contributed by atoms with Gasteiger partial charge in [-0.25, -0.2) is 9.97 Å². The van der Waals surface area contributed by atoms with Crippen LogP contribution in [0.2, 0.25) is 0 Å². The maximum absolute atomic E-state index is 9.89. The summed E-state index contributed by atoms with van der Waals surface area (Å²) in [5, 5.41) is 20.0. The number of methoxy groups -OCH3 is 1. The van der Waals surface area contributed by atoms with Gasteiger partial charge in [-0.05, 0) is 43.2 Å². The average Bonchev–Trinajstić information content (AvgIpc) is 2.78. The number of aromatic nitrogens is 2. The molecule has 0 N–H and O–H groups in total. The van der Waals surface area contributed by atoms with Gasteiger partial charge in [0.05, 0.1) is 24.1 Å². The molecule has 2 aromatic heterocycles. The summed E-state index contributed by atoms with van der Waals surface area (Å²) < 4.78 is 5.40. The van der Waals surface area contributed by atoms with Crippen molar-refractivity contribution in [3.63, 3.8) is 0 Å². The van der Waals surface area contributed by atoms with Crippen LogP contribution in [0.15, 0.2) is 42.5 Å². The van der Waals surface area contributed by atoms with Gasteiger partial charge in [0.1, 0.15) is 11.8 Å². The Morgan fingerprint density at radius 1 is 1.07 bits per heavy atom. The van der Waals surface area contributed by atoms with E-state index in [0.717, 1.165) is 28.5 Å². The Hall–Kier alpha value is -3.44. The molecule has 0 aliphatic rings. The molecule has 5 heteroatoms. The van der Waals surface area contributed by atoms with Crippen molar-refractivity contribution >= 4 is 10.9 Å². The van der Waals surface area contributed by atoms with Crippen LogP contribution in [0.1, 0.15) is 50.2 Å². The highest BCUT2D eigenvalue weighted by Gasteiger charge is 2.28. The maximum atomic E-state index is 9.89. The van der Waals surface area contributed by atoms with Gasteiger partial charge in [0, 0.05) is 23.1 Å². The number of hydrogen-bond donors (Lipinski definition) is 0. The standard InChI is InChI=1S/C22H20N4O.C2H6/c1-4-15-10-16-8-9-17(11-20(16)26-21(15)27-3)22(2,14-24)12-18-6-5-7-19(13-23)25-18;1-2/h5-11H,4,12H2,1-3H3;1-2H3. The highest BCUT2D eigenvalue weighted by atomic mass is 16.5. The number of nitrogens with zero attached hydrogens (tertiary/aromatic N) is 4. The molecular formula is C24H26N4O. The van der Waals surface area contributed by atoms with Crippen molar-refractivity contribution in [2.75, 3.05) is 7.11 Å². The molecule has 5 nitrogen and oxygen atoms in total. The summed E-state index contributed by atoms with van der Waals surface area (Å²) in [4.78, 5) is 8.93. The monoisotopic (exact) mass is 386 g/mol. The van der Waals surface area contributed by atoms with Crippen molar-refractivity contribution in [2.24, 2.45) is 0 Å². The Morgan fingerprint density at radius 3 is 2.45 bits per heavy atom. The summed E-state index contributed by atoms with van der Waals surface area (Å²) in [5.41, 5.74) is 2.99. The van der Waals surface area contributed by atoms with Crippen molar-refractivity contribution in [1.29, 1.82) is 10.5 Å². The molecule has 1 aromatic carbocycles. The van der Waals surface area contributed by atoms with Crippen LogP contribution in [-0.2, 0) is 18.3 Å². The number of rotatable bonds is 5. The molecule has 3 rings (SSSR count). The molecule has 0 amide bonds. The number of benzene rings is 1.